The molecule has 0 aliphatic carbocycles. The Bertz CT molecular complexity index is 443. The highest BCUT2D eigenvalue weighted by Gasteiger charge is 2.18. The second-order valence-corrected chi connectivity index (χ2v) is 8.08. The summed E-state index contributed by atoms with van der Waals surface area (Å²) >= 11 is 7.66. The van der Waals surface area contributed by atoms with Crippen molar-refractivity contribution in [1.82, 2.24) is 5.32 Å². The third-order valence-corrected chi connectivity index (χ3v) is 4.22. The summed E-state index contributed by atoms with van der Waals surface area (Å²) in [7, 11) is 0. The Morgan fingerprint density at radius 1 is 1.33 bits per heavy atom. The lowest BCUT2D eigenvalue weighted by molar-refractivity contribution is -0.127. The number of benzene rings is 1. The second kappa shape index (κ2) is 8.54. The molecule has 0 saturated heterocycles. The Kier molecular flexibility index (Phi) is 7.40. The zero-order valence-electron chi connectivity index (χ0n) is 13.1. The van der Waals surface area contributed by atoms with Crippen LogP contribution in [0.3, 0.4) is 0 Å². The molecular formula is C16H24ClNO2S. The zero-order chi connectivity index (χ0) is 15.9. The van der Waals surface area contributed by atoms with Gasteiger partial charge in [-0.3, -0.25) is 4.79 Å². The van der Waals surface area contributed by atoms with E-state index < -0.39 is 6.10 Å². The molecule has 0 saturated carbocycles. The first-order valence-electron chi connectivity index (χ1n) is 7.15. The molecule has 0 bridgehead atoms. The molecular weight excluding hydrogens is 306 g/mol. The summed E-state index contributed by atoms with van der Waals surface area (Å²) in [5.74, 6) is 1.49. The second-order valence-electron chi connectivity index (χ2n) is 5.72. The van der Waals surface area contributed by atoms with Crippen molar-refractivity contribution in [1.29, 1.82) is 0 Å². The highest BCUT2D eigenvalue weighted by Crippen LogP contribution is 2.22. The first kappa shape index (κ1) is 18.2. The molecule has 0 aliphatic heterocycles. The lowest BCUT2D eigenvalue weighted by Crippen LogP contribution is -2.39. The van der Waals surface area contributed by atoms with Crippen LogP contribution in [0.15, 0.2) is 24.3 Å². The first-order chi connectivity index (χ1) is 9.81. The van der Waals surface area contributed by atoms with Crippen molar-refractivity contribution >= 4 is 29.3 Å². The molecule has 1 atom stereocenters. The lowest BCUT2D eigenvalue weighted by Gasteiger charge is -2.19. The van der Waals surface area contributed by atoms with Gasteiger partial charge in [0, 0.05) is 22.1 Å². The fourth-order valence-corrected chi connectivity index (χ4v) is 2.59. The lowest BCUT2D eigenvalue weighted by atomic mass is 10.2. The van der Waals surface area contributed by atoms with Gasteiger partial charge in [-0.05, 0) is 30.7 Å². The van der Waals surface area contributed by atoms with Gasteiger partial charge in [-0.2, -0.15) is 11.8 Å². The Hall–Kier alpha value is -0.870. The first-order valence-corrected chi connectivity index (χ1v) is 8.52. The molecule has 0 spiro atoms. The van der Waals surface area contributed by atoms with Gasteiger partial charge in [-0.25, -0.2) is 0 Å². The molecule has 0 radical (unpaired) electrons. The number of carbonyl (C=O) groups is 1. The number of rotatable bonds is 7. The SMILES string of the molecule is CC[C@@H](Oc1ccc(Cl)cc1)C(=O)NCCSC(C)(C)C. The van der Waals surface area contributed by atoms with Crippen LogP contribution in [-0.2, 0) is 4.79 Å². The summed E-state index contributed by atoms with van der Waals surface area (Å²) in [6.45, 7) is 9.08. The zero-order valence-corrected chi connectivity index (χ0v) is 14.7. The van der Waals surface area contributed by atoms with Crippen LogP contribution in [0.1, 0.15) is 34.1 Å². The van der Waals surface area contributed by atoms with Crippen LogP contribution in [0.25, 0.3) is 0 Å². The van der Waals surface area contributed by atoms with E-state index in [9.17, 15) is 4.79 Å². The third kappa shape index (κ3) is 7.63. The smallest absolute Gasteiger partial charge is 0.261 e. The number of amides is 1. The number of carbonyl (C=O) groups excluding carboxylic acids is 1. The predicted octanol–water partition coefficient (Wildman–Crippen LogP) is 4.15. The van der Waals surface area contributed by atoms with E-state index in [1.54, 1.807) is 24.3 Å². The largest absolute Gasteiger partial charge is 0.481 e. The number of nitrogens with one attached hydrogen (secondary N) is 1. The summed E-state index contributed by atoms with van der Waals surface area (Å²) in [4.78, 5) is 12.1. The fraction of sp³-hybridized carbons (Fsp3) is 0.562. The summed E-state index contributed by atoms with van der Waals surface area (Å²) in [6, 6.07) is 7.05. The number of hydrogen-bond acceptors (Lipinski definition) is 3. The molecule has 1 aromatic rings. The molecule has 5 heteroatoms. The van der Waals surface area contributed by atoms with Gasteiger partial charge in [-0.15, -0.1) is 0 Å². The van der Waals surface area contributed by atoms with Crippen molar-refractivity contribution in [2.24, 2.45) is 0 Å². The van der Waals surface area contributed by atoms with E-state index >= 15 is 0 Å². The van der Waals surface area contributed by atoms with Gasteiger partial charge in [0.15, 0.2) is 6.10 Å². The van der Waals surface area contributed by atoms with Crippen LogP contribution in [0.5, 0.6) is 5.75 Å². The van der Waals surface area contributed by atoms with Crippen molar-refractivity contribution in [3.63, 3.8) is 0 Å². The quantitative estimate of drug-likeness (QED) is 0.764. The molecule has 1 aromatic carbocycles. The molecule has 0 aromatic heterocycles. The van der Waals surface area contributed by atoms with Crippen LogP contribution in [0.4, 0.5) is 0 Å². The standard InChI is InChI=1S/C16H24ClNO2S/c1-5-14(20-13-8-6-12(17)7-9-13)15(19)18-10-11-21-16(2,3)4/h6-9,14H,5,10-11H2,1-4H3,(H,18,19)/t14-/m1/s1. The van der Waals surface area contributed by atoms with Gasteiger partial charge >= 0.3 is 0 Å². The summed E-state index contributed by atoms with van der Waals surface area (Å²) in [6.07, 6.45) is 0.159. The maximum absolute atomic E-state index is 12.1. The minimum absolute atomic E-state index is 0.0676. The normalized spacial score (nSPS) is 12.8. The van der Waals surface area contributed by atoms with Gasteiger partial charge in [-0.1, -0.05) is 39.3 Å². The van der Waals surface area contributed by atoms with Crippen LogP contribution >= 0.6 is 23.4 Å². The molecule has 1 N–H and O–H groups in total. The Balaban J connectivity index is 2.41. The molecule has 118 valence electrons. The van der Waals surface area contributed by atoms with E-state index in [1.807, 2.05) is 18.7 Å². The monoisotopic (exact) mass is 329 g/mol. The number of halogens is 1. The van der Waals surface area contributed by atoms with Crippen LogP contribution < -0.4 is 10.1 Å². The molecule has 1 rings (SSSR count). The van der Waals surface area contributed by atoms with Crippen molar-refractivity contribution < 1.29 is 9.53 Å². The van der Waals surface area contributed by atoms with Crippen molar-refractivity contribution in [3.05, 3.63) is 29.3 Å². The third-order valence-electron chi connectivity index (χ3n) is 2.69. The average Bonchev–Trinajstić information content (AvgIpc) is 2.41. The maximum atomic E-state index is 12.1. The Labute approximate surface area is 136 Å². The molecule has 0 fully saturated rings. The minimum Gasteiger partial charge on any atom is -0.481 e. The van der Waals surface area contributed by atoms with Crippen molar-refractivity contribution in [2.75, 3.05) is 12.3 Å². The van der Waals surface area contributed by atoms with E-state index in [0.717, 1.165) is 5.75 Å². The molecule has 3 nitrogen and oxygen atoms in total. The molecule has 21 heavy (non-hydrogen) atoms. The van der Waals surface area contributed by atoms with Crippen LogP contribution in [-0.4, -0.2) is 29.1 Å². The van der Waals surface area contributed by atoms with E-state index in [2.05, 4.69) is 26.1 Å². The summed E-state index contributed by atoms with van der Waals surface area (Å²) < 4.78 is 5.92. The average molecular weight is 330 g/mol. The summed E-state index contributed by atoms with van der Waals surface area (Å²) in [5, 5.41) is 3.58. The van der Waals surface area contributed by atoms with Gasteiger partial charge in [0.05, 0.1) is 0 Å². The maximum Gasteiger partial charge on any atom is 0.261 e. The molecule has 0 unspecified atom stereocenters. The van der Waals surface area contributed by atoms with Gasteiger partial charge in [0.25, 0.3) is 5.91 Å². The van der Waals surface area contributed by atoms with Crippen molar-refractivity contribution in [3.8, 4) is 5.75 Å². The van der Waals surface area contributed by atoms with E-state index in [0.29, 0.717) is 23.7 Å². The number of thioether (sulfide) groups is 1. The highest BCUT2D eigenvalue weighted by atomic mass is 35.5. The van der Waals surface area contributed by atoms with E-state index in [4.69, 9.17) is 16.3 Å². The van der Waals surface area contributed by atoms with Gasteiger partial charge in [0.2, 0.25) is 0 Å². The number of ether oxygens (including phenoxy) is 1. The van der Waals surface area contributed by atoms with E-state index in [-0.39, 0.29) is 10.7 Å². The van der Waals surface area contributed by atoms with Crippen LogP contribution in [0.2, 0.25) is 5.02 Å². The fourth-order valence-electron chi connectivity index (χ4n) is 1.64. The topological polar surface area (TPSA) is 38.3 Å². The van der Waals surface area contributed by atoms with Crippen molar-refractivity contribution in [2.45, 2.75) is 45.0 Å². The van der Waals surface area contributed by atoms with Gasteiger partial charge in [0.1, 0.15) is 5.75 Å². The minimum atomic E-state index is -0.467. The Morgan fingerprint density at radius 2 is 1.95 bits per heavy atom. The molecule has 1 amide bonds. The van der Waals surface area contributed by atoms with Crippen LogP contribution in [0, 0.1) is 0 Å². The van der Waals surface area contributed by atoms with E-state index in [1.165, 1.54) is 0 Å². The predicted molar refractivity (Wildman–Crippen MR) is 91.4 cm³/mol. The molecule has 0 heterocycles. The molecule has 0 aliphatic rings. The Morgan fingerprint density at radius 3 is 2.48 bits per heavy atom. The van der Waals surface area contributed by atoms with Gasteiger partial charge < -0.3 is 10.1 Å². The summed E-state index contributed by atoms with van der Waals surface area (Å²) in [5.41, 5.74) is 0. The highest BCUT2D eigenvalue weighted by molar-refractivity contribution is 8.00. The number of hydrogen-bond donors (Lipinski definition) is 1.